The van der Waals surface area contributed by atoms with Crippen LogP contribution in [0.3, 0.4) is 0 Å². The van der Waals surface area contributed by atoms with E-state index in [1.807, 2.05) is 24.3 Å². The molecular weight excluding hydrogens is 358 g/mol. The Bertz CT molecular complexity index is 909. The SMILES string of the molecule is Cn1cc(N2CC(C(=O)N3CCC(n4ncc5c4CNC5)CC3)CC2=O)cn1. The molecule has 3 aliphatic rings. The predicted molar refractivity (Wildman–Crippen MR) is 101 cm³/mol. The molecule has 0 saturated carbocycles. The van der Waals surface area contributed by atoms with Crippen molar-refractivity contribution in [1.82, 2.24) is 29.8 Å². The van der Waals surface area contributed by atoms with E-state index in [0.717, 1.165) is 44.7 Å². The van der Waals surface area contributed by atoms with Crippen LogP contribution >= 0.6 is 0 Å². The van der Waals surface area contributed by atoms with Crippen LogP contribution in [0.2, 0.25) is 0 Å². The number of hydrogen-bond acceptors (Lipinski definition) is 5. The molecule has 28 heavy (non-hydrogen) atoms. The lowest BCUT2D eigenvalue weighted by Crippen LogP contribution is -2.43. The van der Waals surface area contributed by atoms with Crippen LogP contribution in [0.25, 0.3) is 0 Å². The van der Waals surface area contributed by atoms with Crippen LogP contribution in [0, 0.1) is 5.92 Å². The first-order chi connectivity index (χ1) is 13.6. The maximum absolute atomic E-state index is 13.0. The van der Waals surface area contributed by atoms with Crippen molar-refractivity contribution >= 4 is 17.5 Å². The van der Waals surface area contributed by atoms with E-state index in [-0.39, 0.29) is 24.2 Å². The van der Waals surface area contributed by atoms with Crippen LogP contribution in [0.5, 0.6) is 0 Å². The number of carbonyl (C=O) groups excluding carboxylic acids is 2. The van der Waals surface area contributed by atoms with Gasteiger partial charge in [0.25, 0.3) is 0 Å². The van der Waals surface area contributed by atoms with Crippen molar-refractivity contribution in [2.75, 3.05) is 24.5 Å². The monoisotopic (exact) mass is 383 g/mol. The summed E-state index contributed by atoms with van der Waals surface area (Å²) in [7, 11) is 1.82. The number of aromatic nitrogens is 4. The number of amides is 2. The molecule has 1 N–H and O–H groups in total. The molecule has 0 aliphatic carbocycles. The Morgan fingerprint density at radius 1 is 1.18 bits per heavy atom. The van der Waals surface area contributed by atoms with Gasteiger partial charge in [-0.3, -0.25) is 19.0 Å². The van der Waals surface area contributed by atoms with E-state index >= 15 is 0 Å². The first kappa shape index (κ1) is 17.4. The molecule has 5 rings (SSSR count). The fraction of sp³-hybridized carbons (Fsp3) is 0.579. The number of anilines is 1. The quantitative estimate of drug-likeness (QED) is 0.831. The van der Waals surface area contributed by atoms with Gasteiger partial charge in [-0.05, 0) is 12.8 Å². The largest absolute Gasteiger partial charge is 0.342 e. The summed E-state index contributed by atoms with van der Waals surface area (Å²) in [6, 6.07) is 0.352. The Labute approximate surface area is 163 Å². The molecule has 3 aliphatic heterocycles. The molecule has 2 aromatic heterocycles. The number of nitrogens with zero attached hydrogens (tertiary/aromatic N) is 6. The Hall–Kier alpha value is -2.68. The summed E-state index contributed by atoms with van der Waals surface area (Å²) in [4.78, 5) is 29.0. The highest BCUT2D eigenvalue weighted by Crippen LogP contribution is 2.30. The minimum Gasteiger partial charge on any atom is -0.342 e. The molecule has 2 aromatic rings. The number of nitrogens with one attached hydrogen (secondary N) is 1. The van der Waals surface area contributed by atoms with Gasteiger partial charge in [0.2, 0.25) is 11.8 Å². The van der Waals surface area contributed by atoms with Crippen molar-refractivity contribution in [3.8, 4) is 0 Å². The summed E-state index contributed by atoms with van der Waals surface area (Å²) in [5.41, 5.74) is 3.35. The smallest absolute Gasteiger partial charge is 0.228 e. The fourth-order valence-electron chi connectivity index (χ4n) is 4.65. The van der Waals surface area contributed by atoms with Crippen molar-refractivity contribution in [1.29, 1.82) is 0 Å². The number of carbonyl (C=O) groups is 2. The van der Waals surface area contributed by atoms with E-state index in [1.54, 1.807) is 15.8 Å². The zero-order valence-electron chi connectivity index (χ0n) is 16.0. The normalized spacial score (nSPS) is 22.9. The lowest BCUT2D eigenvalue weighted by Gasteiger charge is -2.34. The van der Waals surface area contributed by atoms with Crippen molar-refractivity contribution in [3.63, 3.8) is 0 Å². The second kappa shape index (κ2) is 6.73. The zero-order valence-corrected chi connectivity index (χ0v) is 16.0. The van der Waals surface area contributed by atoms with E-state index in [4.69, 9.17) is 0 Å². The molecular formula is C19H25N7O2. The van der Waals surface area contributed by atoms with E-state index in [9.17, 15) is 9.59 Å². The van der Waals surface area contributed by atoms with Crippen molar-refractivity contribution < 1.29 is 9.59 Å². The van der Waals surface area contributed by atoms with Gasteiger partial charge in [-0.25, -0.2) is 0 Å². The molecule has 1 unspecified atom stereocenters. The van der Waals surface area contributed by atoms with Crippen molar-refractivity contribution in [2.45, 2.75) is 38.4 Å². The lowest BCUT2D eigenvalue weighted by atomic mass is 10.0. The van der Waals surface area contributed by atoms with Gasteiger partial charge in [0, 0.05) is 58.0 Å². The topological polar surface area (TPSA) is 88.3 Å². The van der Waals surface area contributed by atoms with Gasteiger partial charge in [0.15, 0.2) is 0 Å². The summed E-state index contributed by atoms with van der Waals surface area (Å²) >= 11 is 0. The maximum atomic E-state index is 13.0. The summed E-state index contributed by atoms with van der Waals surface area (Å²) < 4.78 is 3.82. The van der Waals surface area contributed by atoms with E-state index in [2.05, 4.69) is 20.2 Å². The zero-order chi connectivity index (χ0) is 19.3. The maximum Gasteiger partial charge on any atom is 0.228 e. The fourth-order valence-corrected chi connectivity index (χ4v) is 4.65. The Morgan fingerprint density at radius 2 is 2.00 bits per heavy atom. The number of likely N-dealkylation sites (tertiary alicyclic amines) is 1. The highest BCUT2D eigenvalue weighted by atomic mass is 16.2. The van der Waals surface area contributed by atoms with Crippen LogP contribution < -0.4 is 10.2 Å². The average molecular weight is 383 g/mol. The molecule has 0 radical (unpaired) electrons. The average Bonchev–Trinajstić information content (AvgIpc) is 3.45. The minimum absolute atomic E-state index is 0.000778. The third-order valence-corrected chi connectivity index (χ3v) is 6.19. The standard InChI is InChI=1S/C19H25N7O2/c1-23-12-16(9-21-23)25-11-13(6-18(25)27)19(28)24-4-2-15(3-5-24)26-17-10-20-7-14(17)8-22-26/h8-9,12-13,15,20H,2-7,10-11H2,1H3. The molecule has 2 saturated heterocycles. The summed E-state index contributed by atoms with van der Waals surface area (Å²) in [6.45, 7) is 3.67. The minimum atomic E-state index is -0.262. The molecule has 2 fully saturated rings. The highest BCUT2D eigenvalue weighted by Gasteiger charge is 2.38. The molecule has 1 atom stereocenters. The van der Waals surface area contributed by atoms with E-state index < -0.39 is 0 Å². The van der Waals surface area contributed by atoms with Gasteiger partial charge in [-0.2, -0.15) is 10.2 Å². The third kappa shape index (κ3) is 2.90. The first-order valence-electron chi connectivity index (χ1n) is 9.94. The molecule has 0 spiro atoms. The Kier molecular flexibility index (Phi) is 4.19. The van der Waals surface area contributed by atoms with Gasteiger partial charge in [0.1, 0.15) is 0 Å². The highest BCUT2D eigenvalue weighted by molar-refractivity contribution is 6.00. The molecule has 0 aromatic carbocycles. The first-order valence-corrected chi connectivity index (χ1v) is 9.94. The van der Waals surface area contributed by atoms with Crippen LogP contribution in [0.4, 0.5) is 5.69 Å². The van der Waals surface area contributed by atoms with Crippen molar-refractivity contribution in [2.24, 2.45) is 13.0 Å². The Balaban J connectivity index is 1.21. The Morgan fingerprint density at radius 3 is 2.75 bits per heavy atom. The van der Waals surface area contributed by atoms with Gasteiger partial charge in [-0.1, -0.05) is 0 Å². The second-order valence-corrected chi connectivity index (χ2v) is 8.00. The number of rotatable bonds is 3. The molecule has 5 heterocycles. The number of aryl methyl sites for hydroxylation is 1. The van der Waals surface area contributed by atoms with Gasteiger partial charge in [0.05, 0.1) is 35.7 Å². The van der Waals surface area contributed by atoms with Crippen LogP contribution in [-0.2, 0) is 29.7 Å². The molecule has 0 bridgehead atoms. The number of fused-ring (bicyclic) bond motifs is 1. The summed E-state index contributed by atoms with van der Waals surface area (Å²) in [6.07, 6.45) is 7.55. The number of piperidine rings is 1. The second-order valence-electron chi connectivity index (χ2n) is 8.00. The number of hydrogen-bond donors (Lipinski definition) is 1. The molecule has 148 valence electrons. The van der Waals surface area contributed by atoms with E-state index in [0.29, 0.717) is 12.6 Å². The predicted octanol–water partition coefficient (Wildman–Crippen LogP) is 0.436. The van der Waals surface area contributed by atoms with Crippen LogP contribution in [0.15, 0.2) is 18.6 Å². The molecule has 2 amide bonds. The van der Waals surface area contributed by atoms with Gasteiger partial charge < -0.3 is 15.1 Å². The van der Waals surface area contributed by atoms with Crippen LogP contribution in [0.1, 0.15) is 36.6 Å². The van der Waals surface area contributed by atoms with Gasteiger partial charge in [-0.15, -0.1) is 0 Å². The lowest BCUT2D eigenvalue weighted by molar-refractivity contribution is -0.137. The molecule has 9 heteroatoms. The molecule has 9 nitrogen and oxygen atoms in total. The summed E-state index contributed by atoms with van der Waals surface area (Å²) in [5, 5.41) is 12.1. The van der Waals surface area contributed by atoms with Crippen molar-refractivity contribution in [3.05, 3.63) is 29.8 Å². The third-order valence-electron chi connectivity index (χ3n) is 6.19. The summed E-state index contributed by atoms with van der Waals surface area (Å²) in [5.74, 6) is -0.159. The van der Waals surface area contributed by atoms with E-state index in [1.165, 1.54) is 11.3 Å². The van der Waals surface area contributed by atoms with Gasteiger partial charge >= 0.3 is 0 Å². The van der Waals surface area contributed by atoms with Crippen LogP contribution in [-0.4, -0.2) is 55.9 Å².